The molecule has 1 aromatic rings. The van der Waals surface area contributed by atoms with Gasteiger partial charge in [-0.15, -0.1) is 0 Å². The van der Waals surface area contributed by atoms with Crippen molar-refractivity contribution in [3.8, 4) is 0 Å². The van der Waals surface area contributed by atoms with Gasteiger partial charge in [-0.3, -0.25) is 9.59 Å². The minimum atomic E-state index is -0.770. The van der Waals surface area contributed by atoms with Crippen LogP contribution >= 0.6 is 0 Å². The Hall–Kier alpha value is -1.98. The molecule has 4 rings (SSSR count). The van der Waals surface area contributed by atoms with Crippen LogP contribution in [0.5, 0.6) is 0 Å². The molecule has 4 unspecified atom stereocenters. The van der Waals surface area contributed by atoms with Crippen molar-refractivity contribution in [1.82, 2.24) is 4.90 Å². The van der Waals surface area contributed by atoms with Gasteiger partial charge >= 0.3 is 0 Å². The number of hydrogen-bond donors (Lipinski definition) is 0. The number of anilines is 1. The quantitative estimate of drug-likeness (QED) is 0.808. The van der Waals surface area contributed by atoms with Crippen molar-refractivity contribution in [2.45, 2.75) is 57.5 Å². The largest absolute Gasteiger partial charge is 0.336 e. The summed E-state index contributed by atoms with van der Waals surface area (Å²) in [5, 5.41) is 0. The van der Waals surface area contributed by atoms with Crippen LogP contribution < -0.4 is 4.90 Å². The van der Waals surface area contributed by atoms with E-state index < -0.39 is 17.6 Å². The molecule has 0 bridgehead atoms. The lowest BCUT2D eigenvalue weighted by Gasteiger charge is -2.34. The van der Waals surface area contributed by atoms with Crippen molar-refractivity contribution in [2.24, 2.45) is 11.8 Å². The second-order valence-electron chi connectivity index (χ2n) is 7.94. The molecule has 26 heavy (non-hydrogen) atoms. The molecule has 4 atom stereocenters. The molecule has 1 aromatic carbocycles. The van der Waals surface area contributed by atoms with E-state index in [-0.39, 0.29) is 42.6 Å². The number of amides is 2. The van der Waals surface area contributed by atoms with Gasteiger partial charge in [-0.2, -0.15) is 0 Å². The lowest BCUT2D eigenvalue weighted by Crippen LogP contribution is -2.45. The van der Waals surface area contributed by atoms with Crippen LogP contribution in [0.1, 0.15) is 45.4 Å². The number of nitrogens with zero attached hydrogens (tertiary/aromatic N) is 2. The Morgan fingerprint density at radius 3 is 2.73 bits per heavy atom. The van der Waals surface area contributed by atoms with Gasteiger partial charge in [-0.05, 0) is 44.2 Å². The third-order valence-electron chi connectivity index (χ3n) is 6.27. The summed E-state index contributed by atoms with van der Waals surface area (Å²) in [6, 6.07) is 3.66. The van der Waals surface area contributed by atoms with Gasteiger partial charge in [0.05, 0.1) is 11.6 Å². The molecule has 3 aliphatic rings. The third kappa shape index (κ3) is 2.89. The molecule has 0 aromatic heterocycles. The number of hydrogen-bond acceptors (Lipinski definition) is 2. The van der Waals surface area contributed by atoms with Crippen LogP contribution in [0.2, 0.25) is 0 Å². The maximum Gasteiger partial charge on any atom is 0.228 e. The number of fused-ring (bicyclic) bond motifs is 1. The first-order valence-electron chi connectivity index (χ1n) is 9.53. The molecule has 2 heterocycles. The highest BCUT2D eigenvalue weighted by Crippen LogP contribution is 2.41. The van der Waals surface area contributed by atoms with Gasteiger partial charge in [0.2, 0.25) is 11.8 Å². The summed E-state index contributed by atoms with van der Waals surface area (Å²) >= 11 is 0. The number of carbonyl (C=O) groups is 2. The van der Waals surface area contributed by atoms with Crippen LogP contribution in [-0.4, -0.2) is 35.3 Å². The summed E-state index contributed by atoms with van der Waals surface area (Å²) < 4.78 is 27.2. The summed E-state index contributed by atoms with van der Waals surface area (Å²) in [5.74, 6) is -1.58. The highest BCUT2D eigenvalue weighted by Gasteiger charge is 2.46. The van der Waals surface area contributed by atoms with E-state index in [1.54, 1.807) is 0 Å². The minimum Gasteiger partial charge on any atom is -0.336 e. The number of carbonyl (C=O) groups excluding carboxylic acids is 2. The molecule has 140 valence electrons. The molecule has 1 aliphatic carbocycles. The smallest absolute Gasteiger partial charge is 0.228 e. The Bertz CT molecular complexity index is 739. The van der Waals surface area contributed by atoms with Crippen molar-refractivity contribution >= 4 is 17.5 Å². The molecule has 3 fully saturated rings. The maximum atomic E-state index is 14.1. The lowest BCUT2D eigenvalue weighted by atomic mass is 9.84. The molecule has 0 radical (unpaired) electrons. The van der Waals surface area contributed by atoms with Crippen molar-refractivity contribution in [3.05, 3.63) is 29.8 Å². The highest BCUT2D eigenvalue weighted by atomic mass is 19.1. The fourth-order valence-electron chi connectivity index (χ4n) is 5.11. The summed E-state index contributed by atoms with van der Waals surface area (Å²) in [6.07, 6.45) is 5.72. The Morgan fingerprint density at radius 2 is 1.96 bits per heavy atom. The zero-order valence-corrected chi connectivity index (χ0v) is 15.0. The van der Waals surface area contributed by atoms with E-state index in [0.29, 0.717) is 5.92 Å². The average molecular weight is 362 g/mol. The normalized spacial score (nSPS) is 31.4. The summed E-state index contributed by atoms with van der Waals surface area (Å²) in [5.41, 5.74) is 0.0525. The summed E-state index contributed by atoms with van der Waals surface area (Å²) in [4.78, 5) is 28.9. The average Bonchev–Trinajstić information content (AvgIpc) is 3.14. The second kappa shape index (κ2) is 6.63. The number of rotatable bonds is 2. The van der Waals surface area contributed by atoms with E-state index in [1.165, 1.54) is 23.8 Å². The van der Waals surface area contributed by atoms with Gasteiger partial charge in [-0.1, -0.05) is 12.8 Å². The third-order valence-corrected chi connectivity index (χ3v) is 6.27. The molecular weight excluding hydrogens is 338 g/mol. The molecule has 2 amide bonds. The van der Waals surface area contributed by atoms with E-state index in [4.69, 9.17) is 0 Å². The highest BCUT2D eigenvalue weighted by molar-refractivity contribution is 6.00. The molecular formula is C20H24F2N2O2. The van der Waals surface area contributed by atoms with E-state index >= 15 is 0 Å². The maximum absolute atomic E-state index is 14.1. The Balaban J connectivity index is 1.52. The van der Waals surface area contributed by atoms with Crippen LogP contribution in [0.4, 0.5) is 14.5 Å². The molecule has 1 saturated carbocycles. The van der Waals surface area contributed by atoms with Gasteiger partial charge < -0.3 is 9.80 Å². The van der Waals surface area contributed by atoms with Crippen LogP contribution in [0.15, 0.2) is 18.2 Å². The Morgan fingerprint density at radius 1 is 1.19 bits per heavy atom. The predicted molar refractivity (Wildman–Crippen MR) is 93.5 cm³/mol. The van der Waals surface area contributed by atoms with E-state index in [2.05, 4.69) is 6.92 Å². The molecule has 2 saturated heterocycles. The minimum absolute atomic E-state index is 0.0188. The monoisotopic (exact) mass is 362 g/mol. The van der Waals surface area contributed by atoms with Gasteiger partial charge in [0, 0.05) is 31.1 Å². The Kier molecular flexibility index (Phi) is 4.45. The Labute approximate surface area is 152 Å². The first-order chi connectivity index (χ1) is 12.5. The molecule has 4 nitrogen and oxygen atoms in total. The summed E-state index contributed by atoms with van der Waals surface area (Å²) in [6.45, 7) is 2.26. The van der Waals surface area contributed by atoms with Crippen molar-refractivity contribution in [1.29, 1.82) is 0 Å². The summed E-state index contributed by atoms with van der Waals surface area (Å²) in [7, 11) is 0. The topological polar surface area (TPSA) is 40.6 Å². The molecule has 2 aliphatic heterocycles. The molecule has 6 heteroatoms. The zero-order valence-electron chi connectivity index (χ0n) is 15.0. The van der Waals surface area contributed by atoms with Crippen molar-refractivity contribution in [3.63, 3.8) is 0 Å². The van der Waals surface area contributed by atoms with E-state index in [0.717, 1.165) is 31.4 Å². The zero-order chi connectivity index (χ0) is 18.4. The first kappa shape index (κ1) is 17.4. The van der Waals surface area contributed by atoms with Crippen molar-refractivity contribution < 1.29 is 18.4 Å². The SMILES string of the molecule is CC1CC2CCCCC2N1C(=O)C1CC(=O)N(c2ccc(F)cc2F)C1. The number of likely N-dealkylation sites (tertiary alicyclic amines) is 1. The van der Waals surface area contributed by atoms with Gasteiger partial charge in [0.25, 0.3) is 0 Å². The second-order valence-corrected chi connectivity index (χ2v) is 7.94. The molecule has 0 N–H and O–H groups in total. The van der Waals surface area contributed by atoms with Crippen LogP contribution in [0.3, 0.4) is 0 Å². The van der Waals surface area contributed by atoms with Crippen LogP contribution in [0.25, 0.3) is 0 Å². The standard InChI is InChI=1S/C20H24F2N2O2/c1-12-8-13-4-2-3-5-17(13)24(12)20(26)14-9-19(25)23(11-14)18-7-6-15(21)10-16(18)22/h6-7,10,12-14,17H,2-5,8-9,11H2,1H3. The van der Waals surface area contributed by atoms with Crippen molar-refractivity contribution in [2.75, 3.05) is 11.4 Å². The van der Waals surface area contributed by atoms with Gasteiger partial charge in [-0.25, -0.2) is 8.78 Å². The number of halogens is 2. The fourth-order valence-corrected chi connectivity index (χ4v) is 5.11. The van der Waals surface area contributed by atoms with Crippen LogP contribution in [-0.2, 0) is 9.59 Å². The van der Waals surface area contributed by atoms with Crippen LogP contribution in [0, 0.1) is 23.5 Å². The first-order valence-corrected chi connectivity index (χ1v) is 9.53. The predicted octanol–water partition coefficient (Wildman–Crippen LogP) is 3.50. The van der Waals surface area contributed by atoms with Gasteiger partial charge in [0.15, 0.2) is 0 Å². The van der Waals surface area contributed by atoms with E-state index in [9.17, 15) is 18.4 Å². The van der Waals surface area contributed by atoms with Gasteiger partial charge in [0.1, 0.15) is 11.6 Å². The fraction of sp³-hybridized carbons (Fsp3) is 0.600. The lowest BCUT2D eigenvalue weighted by molar-refractivity contribution is -0.139. The number of benzene rings is 1. The molecule has 0 spiro atoms. The van der Waals surface area contributed by atoms with E-state index in [1.807, 2.05) is 4.90 Å².